The number of carbonyl (C=O) groups is 1. The quantitative estimate of drug-likeness (QED) is 0.881. The minimum Gasteiger partial charge on any atom is -0.497 e. The fourth-order valence-corrected chi connectivity index (χ4v) is 2.13. The van der Waals surface area contributed by atoms with Gasteiger partial charge in [0, 0.05) is 6.42 Å². The van der Waals surface area contributed by atoms with Crippen molar-refractivity contribution in [1.29, 1.82) is 0 Å². The van der Waals surface area contributed by atoms with E-state index in [4.69, 9.17) is 4.74 Å². The van der Waals surface area contributed by atoms with Crippen LogP contribution in [-0.2, 0) is 10.3 Å². The van der Waals surface area contributed by atoms with Crippen molar-refractivity contribution in [3.8, 4) is 5.75 Å². The maximum atomic E-state index is 12.0. The van der Waals surface area contributed by atoms with Crippen molar-refractivity contribution in [2.45, 2.75) is 25.3 Å². The topological polar surface area (TPSA) is 38.3 Å². The first-order valence-corrected chi connectivity index (χ1v) is 5.59. The summed E-state index contributed by atoms with van der Waals surface area (Å²) < 4.78 is 5.19. The van der Waals surface area contributed by atoms with E-state index in [-0.39, 0.29) is 18.2 Å². The molecule has 0 saturated carbocycles. The van der Waals surface area contributed by atoms with Gasteiger partial charge in [0.25, 0.3) is 0 Å². The molecule has 1 aliphatic rings. The van der Waals surface area contributed by atoms with Crippen LogP contribution >= 0.6 is 12.4 Å². The number of halogens is 1. The third-order valence-electron chi connectivity index (χ3n) is 3.26. The summed E-state index contributed by atoms with van der Waals surface area (Å²) in [6.45, 7) is 2.84. The molecule has 4 heteroatoms. The first-order chi connectivity index (χ1) is 7.66. The Bertz CT molecular complexity index is 408. The van der Waals surface area contributed by atoms with E-state index in [0.717, 1.165) is 24.3 Å². The Balaban J connectivity index is 0.00000144. The molecule has 1 fully saturated rings. The van der Waals surface area contributed by atoms with Gasteiger partial charge in [-0.1, -0.05) is 12.1 Å². The second kappa shape index (κ2) is 5.52. The Morgan fingerprint density at radius 3 is 2.82 bits per heavy atom. The highest BCUT2D eigenvalue weighted by molar-refractivity contribution is 5.90. The number of Topliss-reactive ketones (excluding diaryl/α,β-unsaturated/α-hetero) is 1. The van der Waals surface area contributed by atoms with Gasteiger partial charge in [-0.05, 0) is 37.6 Å². The average Bonchev–Trinajstić information content (AvgIpc) is 2.33. The van der Waals surface area contributed by atoms with Crippen molar-refractivity contribution >= 4 is 18.2 Å². The minimum absolute atomic E-state index is 0. The number of hydrogen-bond donors (Lipinski definition) is 1. The van der Waals surface area contributed by atoms with Crippen molar-refractivity contribution < 1.29 is 9.53 Å². The number of piperidine rings is 1. The largest absolute Gasteiger partial charge is 0.497 e. The zero-order chi connectivity index (χ0) is 11.6. The lowest BCUT2D eigenvalue weighted by Gasteiger charge is -2.34. The molecule has 1 unspecified atom stereocenters. The number of nitrogens with one attached hydrogen (secondary N) is 1. The van der Waals surface area contributed by atoms with Crippen molar-refractivity contribution in [2.75, 3.05) is 13.7 Å². The summed E-state index contributed by atoms with van der Waals surface area (Å²) >= 11 is 0. The van der Waals surface area contributed by atoms with Crippen molar-refractivity contribution in [1.82, 2.24) is 5.32 Å². The van der Waals surface area contributed by atoms with Gasteiger partial charge in [0.2, 0.25) is 0 Å². The summed E-state index contributed by atoms with van der Waals surface area (Å²) in [5.74, 6) is 1.05. The number of hydrogen-bond acceptors (Lipinski definition) is 3. The van der Waals surface area contributed by atoms with Crippen molar-refractivity contribution in [3.63, 3.8) is 0 Å². The third-order valence-corrected chi connectivity index (χ3v) is 3.26. The van der Waals surface area contributed by atoms with Gasteiger partial charge in [0.05, 0.1) is 7.11 Å². The fraction of sp³-hybridized carbons (Fsp3) is 0.462. The zero-order valence-corrected chi connectivity index (χ0v) is 11.0. The monoisotopic (exact) mass is 255 g/mol. The highest BCUT2D eigenvalue weighted by Crippen LogP contribution is 2.29. The lowest BCUT2D eigenvalue weighted by molar-refractivity contribution is -0.126. The molecule has 1 saturated heterocycles. The van der Waals surface area contributed by atoms with E-state index in [9.17, 15) is 4.79 Å². The highest BCUT2D eigenvalue weighted by atomic mass is 35.5. The summed E-state index contributed by atoms with van der Waals surface area (Å²) in [6, 6.07) is 7.71. The zero-order valence-electron chi connectivity index (χ0n) is 10.2. The summed E-state index contributed by atoms with van der Waals surface area (Å²) in [4.78, 5) is 12.0. The van der Waals surface area contributed by atoms with Crippen molar-refractivity contribution in [3.05, 3.63) is 29.8 Å². The van der Waals surface area contributed by atoms with E-state index in [1.165, 1.54) is 0 Å². The molecule has 0 amide bonds. The molecule has 1 atom stereocenters. The van der Waals surface area contributed by atoms with Gasteiger partial charge in [-0.2, -0.15) is 0 Å². The van der Waals surface area contributed by atoms with E-state index in [0.29, 0.717) is 6.42 Å². The lowest BCUT2D eigenvalue weighted by Crippen LogP contribution is -2.50. The molecular formula is C13H18ClNO2. The van der Waals surface area contributed by atoms with Gasteiger partial charge in [-0.15, -0.1) is 12.4 Å². The van der Waals surface area contributed by atoms with Crippen molar-refractivity contribution in [2.24, 2.45) is 0 Å². The molecule has 0 aliphatic carbocycles. The van der Waals surface area contributed by atoms with Gasteiger partial charge in [-0.3, -0.25) is 4.79 Å². The number of ether oxygens (including phenoxy) is 1. The average molecular weight is 256 g/mol. The molecule has 1 N–H and O–H groups in total. The molecule has 1 aromatic carbocycles. The Morgan fingerprint density at radius 1 is 1.41 bits per heavy atom. The summed E-state index contributed by atoms with van der Waals surface area (Å²) in [7, 11) is 1.64. The van der Waals surface area contributed by atoms with Gasteiger partial charge < -0.3 is 10.1 Å². The SMILES string of the molecule is COc1cccc(C2(C)NCCCC2=O)c1.Cl. The highest BCUT2D eigenvalue weighted by Gasteiger charge is 2.36. The molecule has 0 aromatic heterocycles. The number of carbonyl (C=O) groups excluding carboxylic acids is 1. The van der Waals surface area contributed by atoms with Crippen LogP contribution in [0.25, 0.3) is 0 Å². The Morgan fingerprint density at radius 2 is 2.18 bits per heavy atom. The molecule has 17 heavy (non-hydrogen) atoms. The first kappa shape index (κ1) is 14.0. The number of ketones is 1. The molecule has 1 heterocycles. The molecule has 0 bridgehead atoms. The van der Waals surface area contributed by atoms with Crippen LogP contribution in [0.3, 0.4) is 0 Å². The molecule has 94 valence electrons. The Kier molecular flexibility index (Phi) is 4.54. The maximum Gasteiger partial charge on any atom is 0.157 e. The fourth-order valence-electron chi connectivity index (χ4n) is 2.13. The predicted molar refractivity (Wildman–Crippen MR) is 69.8 cm³/mol. The van der Waals surface area contributed by atoms with Crippen LogP contribution in [0.1, 0.15) is 25.3 Å². The molecule has 1 aromatic rings. The normalized spacial score (nSPS) is 24.0. The third kappa shape index (κ3) is 2.61. The second-order valence-electron chi connectivity index (χ2n) is 4.31. The van der Waals surface area contributed by atoms with E-state index in [2.05, 4.69) is 5.32 Å². The lowest BCUT2D eigenvalue weighted by atomic mass is 9.83. The molecule has 0 radical (unpaired) electrons. The second-order valence-corrected chi connectivity index (χ2v) is 4.31. The van der Waals surface area contributed by atoms with E-state index in [1.54, 1.807) is 7.11 Å². The van der Waals surface area contributed by atoms with Crippen LogP contribution in [-0.4, -0.2) is 19.4 Å². The van der Waals surface area contributed by atoms with Crippen LogP contribution in [0.15, 0.2) is 24.3 Å². The Hall–Kier alpha value is -1.06. The Labute approximate surface area is 108 Å². The number of benzene rings is 1. The summed E-state index contributed by atoms with van der Waals surface area (Å²) in [5.41, 5.74) is 0.434. The van der Waals surface area contributed by atoms with Crippen LogP contribution in [0.4, 0.5) is 0 Å². The predicted octanol–water partition coefficient (Wildman–Crippen LogP) is 2.28. The first-order valence-electron chi connectivity index (χ1n) is 5.59. The molecular weight excluding hydrogens is 238 g/mol. The standard InChI is InChI=1S/C13H17NO2.ClH/c1-13(12(15)7-4-8-14-13)10-5-3-6-11(9-10)16-2;/h3,5-6,9,14H,4,7-8H2,1-2H3;1H. The number of rotatable bonds is 2. The van der Waals surface area contributed by atoms with Crippen LogP contribution in [0, 0.1) is 0 Å². The summed E-state index contributed by atoms with van der Waals surface area (Å²) in [5, 5.41) is 3.31. The van der Waals surface area contributed by atoms with E-state index >= 15 is 0 Å². The molecule has 1 aliphatic heterocycles. The molecule has 2 rings (SSSR count). The van der Waals surface area contributed by atoms with Gasteiger partial charge in [0.15, 0.2) is 5.78 Å². The van der Waals surface area contributed by atoms with Gasteiger partial charge in [0.1, 0.15) is 11.3 Å². The van der Waals surface area contributed by atoms with Gasteiger partial charge >= 0.3 is 0 Å². The number of methoxy groups -OCH3 is 1. The maximum absolute atomic E-state index is 12.0. The minimum atomic E-state index is -0.549. The summed E-state index contributed by atoms with van der Waals surface area (Å²) in [6.07, 6.45) is 1.58. The van der Waals surface area contributed by atoms with Crippen LogP contribution in [0.2, 0.25) is 0 Å². The van der Waals surface area contributed by atoms with Crippen LogP contribution in [0.5, 0.6) is 5.75 Å². The van der Waals surface area contributed by atoms with E-state index in [1.807, 2.05) is 31.2 Å². The smallest absolute Gasteiger partial charge is 0.157 e. The van der Waals surface area contributed by atoms with Crippen LogP contribution < -0.4 is 10.1 Å². The van der Waals surface area contributed by atoms with E-state index < -0.39 is 5.54 Å². The molecule has 0 spiro atoms. The van der Waals surface area contributed by atoms with Gasteiger partial charge in [-0.25, -0.2) is 0 Å². The molecule has 3 nitrogen and oxygen atoms in total.